The smallest absolute Gasteiger partial charge is 0.253 e. The van der Waals surface area contributed by atoms with Gasteiger partial charge < -0.3 is 16.2 Å². The van der Waals surface area contributed by atoms with Crippen LogP contribution in [0.15, 0.2) is 18.5 Å². The zero-order chi connectivity index (χ0) is 13.8. The maximum atomic E-state index is 11.9. The molecular weight excluding hydrogens is 246 g/mol. The fourth-order valence-electron chi connectivity index (χ4n) is 2.34. The van der Waals surface area contributed by atoms with Crippen LogP contribution in [0.25, 0.3) is 0 Å². The van der Waals surface area contributed by atoms with Gasteiger partial charge in [0.25, 0.3) is 5.91 Å². The Morgan fingerprint density at radius 1 is 1.26 bits per heavy atom. The van der Waals surface area contributed by atoms with Crippen LogP contribution in [0.4, 0.5) is 0 Å². The SMILES string of the molecule is NC(=O)C1CCC(NC(=O)c2cncc(O)c2)CC1. The normalized spacial score (nSPS) is 22.7. The van der Waals surface area contributed by atoms with E-state index in [1.165, 1.54) is 18.5 Å². The van der Waals surface area contributed by atoms with Crippen LogP contribution in [-0.2, 0) is 4.79 Å². The van der Waals surface area contributed by atoms with E-state index in [0.717, 1.165) is 12.8 Å². The molecule has 2 rings (SSSR count). The molecule has 1 heterocycles. The summed E-state index contributed by atoms with van der Waals surface area (Å²) in [4.78, 5) is 26.7. The summed E-state index contributed by atoms with van der Waals surface area (Å²) in [6.45, 7) is 0. The third-order valence-electron chi connectivity index (χ3n) is 3.45. The van der Waals surface area contributed by atoms with Crippen LogP contribution in [0, 0.1) is 5.92 Å². The van der Waals surface area contributed by atoms with Crippen molar-refractivity contribution in [3.05, 3.63) is 24.0 Å². The summed E-state index contributed by atoms with van der Waals surface area (Å²) in [7, 11) is 0. The van der Waals surface area contributed by atoms with Crippen molar-refractivity contribution in [1.29, 1.82) is 0 Å². The van der Waals surface area contributed by atoms with Gasteiger partial charge >= 0.3 is 0 Å². The number of nitrogens with zero attached hydrogens (tertiary/aromatic N) is 1. The topological polar surface area (TPSA) is 105 Å². The van der Waals surface area contributed by atoms with Crippen LogP contribution < -0.4 is 11.1 Å². The van der Waals surface area contributed by atoms with Crippen LogP contribution in [0.5, 0.6) is 5.75 Å². The predicted molar refractivity (Wildman–Crippen MR) is 68.3 cm³/mol. The van der Waals surface area contributed by atoms with E-state index < -0.39 is 0 Å². The second-order valence-corrected chi connectivity index (χ2v) is 4.86. The molecule has 1 aromatic heterocycles. The van der Waals surface area contributed by atoms with Crippen LogP contribution in [0.3, 0.4) is 0 Å². The van der Waals surface area contributed by atoms with E-state index in [2.05, 4.69) is 10.3 Å². The Balaban J connectivity index is 1.89. The Morgan fingerprint density at radius 3 is 2.53 bits per heavy atom. The number of nitrogens with one attached hydrogen (secondary N) is 1. The standard InChI is InChI=1S/C13H17N3O3/c14-12(18)8-1-3-10(4-2-8)16-13(19)9-5-11(17)7-15-6-9/h5-8,10,17H,1-4H2,(H2,14,18)(H,16,19). The second kappa shape index (κ2) is 5.69. The predicted octanol–water partition coefficient (Wildman–Crippen LogP) is 0.561. The van der Waals surface area contributed by atoms with Crippen molar-refractivity contribution in [3.63, 3.8) is 0 Å². The molecular formula is C13H17N3O3. The first-order valence-electron chi connectivity index (χ1n) is 6.30. The fraction of sp³-hybridized carbons (Fsp3) is 0.462. The number of pyridine rings is 1. The lowest BCUT2D eigenvalue weighted by Crippen LogP contribution is -2.39. The second-order valence-electron chi connectivity index (χ2n) is 4.86. The Labute approximate surface area is 111 Å². The molecule has 2 amide bonds. The molecule has 102 valence electrons. The van der Waals surface area contributed by atoms with E-state index >= 15 is 0 Å². The van der Waals surface area contributed by atoms with Crippen LogP contribution in [0.1, 0.15) is 36.0 Å². The molecule has 1 saturated carbocycles. The minimum Gasteiger partial charge on any atom is -0.506 e. The monoisotopic (exact) mass is 263 g/mol. The number of hydrogen-bond acceptors (Lipinski definition) is 4. The van der Waals surface area contributed by atoms with Crippen molar-refractivity contribution in [2.24, 2.45) is 11.7 Å². The molecule has 19 heavy (non-hydrogen) atoms. The van der Waals surface area contributed by atoms with E-state index in [4.69, 9.17) is 5.73 Å². The largest absolute Gasteiger partial charge is 0.506 e. The summed E-state index contributed by atoms with van der Waals surface area (Å²) in [5.41, 5.74) is 5.59. The molecule has 0 atom stereocenters. The first kappa shape index (κ1) is 13.3. The van der Waals surface area contributed by atoms with Crippen molar-refractivity contribution < 1.29 is 14.7 Å². The van der Waals surface area contributed by atoms with Crippen LogP contribution in [-0.4, -0.2) is 27.9 Å². The van der Waals surface area contributed by atoms with Gasteiger partial charge in [-0.25, -0.2) is 0 Å². The molecule has 0 aromatic carbocycles. The van der Waals surface area contributed by atoms with E-state index in [0.29, 0.717) is 18.4 Å². The zero-order valence-electron chi connectivity index (χ0n) is 10.5. The van der Waals surface area contributed by atoms with Gasteiger partial charge in [-0.3, -0.25) is 14.6 Å². The van der Waals surface area contributed by atoms with Gasteiger partial charge in [-0.05, 0) is 31.7 Å². The highest BCUT2D eigenvalue weighted by atomic mass is 16.3. The van der Waals surface area contributed by atoms with E-state index in [-0.39, 0.29) is 29.5 Å². The Bertz CT molecular complexity index is 482. The number of carbonyl (C=O) groups is 2. The van der Waals surface area contributed by atoms with Gasteiger partial charge in [-0.15, -0.1) is 0 Å². The number of nitrogens with two attached hydrogens (primary N) is 1. The maximum Gasteiger partial charge on any atom is 0.253 e. The molecule has 4 N–H and O–H groups in total. The minimum absolute atomic E-state index is 0.0370. The van der Waals surface area contributed by atoms with Gasteiger partial charge in [0, 0.05) is 18.2 Å². The highest BCUT2D eigenvalue weighted by Gasteiger charge is 2.25. The number of rotatable bonds is 3. The Hall–Kier alpha value is -2.11. The molecule has 1 aliphatic rings. The lowest BCUT2D eigenvalue weighted by atomic mass is 9.85. The maximum absolute atomic E-state index is 11.9. The first-order valence-corrected chi connectivity index (χ1v) is 6.30. The summed E-state index contributed by atoms with van der Waals surface area (Å²) in [5, 5.41) is 12.1. The van der Waals surface area contributed by atoms with E-state index in [1.54, 1.807) is 0 Å². The average Bonchev–Trinajstić information content (AvgIpc) is 2.39. The molecule has 6 heteroatoms. The van der Waals surface area contributed by atoms with E-state index in [9.17, 15) is 14.7 Å². The summed E-state index contributed by atoms with van der Waals surface area (Å²) in [5.74, 6) is -0.631. The van der Waals surface area contributed by atoms with Gasteiger partial charge in [0.15, 0.2) is 0 Å². The third kappa shape index (κ3) is 3.43. The average molecular weight is 263 g/mol. The Morgan fingerprint density at radius 2 is 1.95 bits per heavy atom. The number of primary amides is 1. The molecule has 1 aromatic rings. The number of amides is 2. The fourth-order valence-corrected chi connectivity index (χ4v) is 2.34. The molecule has 0 radical (unpaired) electrons. The number of aromatic nitrogens is 1. The molecule has 0 aliphatic heterocycles. The summed E-state index contributed by atoms with van der Waals surface area (Å²) in [6, 6.07) is 1.42. The van der Waals surface area contributed by atoms with Gasteiger partial charge in [0.2, 0.25) is 5.91 Å². The van der Waals surface area contributed by atoms with Crippen LogP contribution in [0.2, 0.25) is 0 Å². The van der Waals surface area contributed by atoms with Gasteiger partial charge in [-0.2, -0.15) is 0 Å². The Kier molecular flexibility index (Phi) is 3.99. The van der Waals surface area contributed by atoms with Crippen molar-refractivity contribution in [3.8, 4) is 5.75 Å². The number of aromatic hydroxyl groups is 1. The number of hydrogen-bond donors (Lipinski definition) is 3. The molecule has 1 fully saturated rings. The highest BCUT2D eigenvalue weighted by molar-refractivity contribution is 5.94. The molecule has 6 nitrogen and oxygen atoms in total. The molecule has 0 spiro atoms. The summed E-state index contributed by atoms with van der Waals surface area (Å²) in [6.07, 6.45) is 5.58. The van der Waals surface area contributed by atoms with Crippen molar-refractivity contribution in [2.45, 2.75) is 31.7 Å². The van der Waals surface area contributed by atoms with Crippen molar-refractivity contribution >= 4 is 11.8 Å². The lowest BCUT2D eigenvalue weighted by molar-refractivity contribution is -0.122. The molecule has 0 bridgehead atoms. The first-order chi connectivity index (χ1) is 9.06. The van der Waals surface area contributed by atoms with Gasteiger partial charge in [0.05, 0.1) is 11.8 Å². The van der Waals surface area contributed by atoms with Crippen molar-refractivity contribution in [1.82, 2.24) is 10.3 Å². The van der Waals surface area contributed by atoms with Gasteiger partial charge in [-0.1, -0.05) is 0 Å². The highest BCUT2D eigenvalue weighted by Crippen LogP contribution is 2.24. The summed E-state index contributed by atoms with van der Waals surface area (Å²) >= 11 is 0. The third-order valence-corrected chi connectivity index (χ3v) is 3.45. The molecule has 0 unspecified atom stereocenters. The molecule has 1 aliphatic carbocycles. The molecule has 0 saturated heterocycles. The van der Waals surface area contributed by atoms with E-state index in [1.807, 2.05) is 0 Å². The lowest BCUT2D eigenvalue weighted by Gasteiger charge is -2.27. The summed E-state index contributed by atoms with van der Waals surface area (Å²) < 4.78 is 0. The van der Waals surface area contributed by atoms with Gasteiger partial charge in [0.1, 0.15) is 5.75 Å². The number of carbonyl (C=O) groups excluding carboxylic acids is 2. The quantitative estimate of drug-likeness (QED) is 0.741. The minimum atomic E-state index is -0.262. The van der Waals surface area contributed by atoms with Crippen LogP contribution >= 0.6 is 0 Å². The zero-order valence-corrected chi connectivity index (χ0v) is 10.5. The van der Waals surface area contributed by atoms with Crippen molar-refractivity contribution in [2.75, 3.05) is 0 Å².